The Bertz CT molecular complexity index is 876. The first kappa shape index (κ1) is 20.4. The maximum absolute atomic E-state index is 12.8. The van der Waals surface area contributed by atoms with Crippen LogP contribution in [0.25, 0.3) is 0 Å². The normalized spacial score (nSPS) is 13.9. The van der Waals surface area contributed by atoms with Gasteiger partial charge in [0.1, 0.15) is 5.75 Å². The minimum atomic E-state index is -0.293. The van der Waals surface area contributed by atoms with Crippen LogP contribution >= 0.6 is 15.9 Å². The van der Waals surface area contributed by atoms with Crippen LogP contribution in [0.4, 0.5) is 5.69 Å². The van der Waals surface area contributed by atoms with E-state index >= 15 is 0 Å². The van der Waals surface area contributed by atoms with Crippen molar-refractivity contribution in [2.24, 2.45) is 0 Å². The summed E-state index contributed by atoms with van der Waals surface area (Å²) in [6.45, 7) is 5.33. The smallest absolute Gasteiger partial charge is 0.262 e. The van der Waals surface area contributed by atoms with Gasteiger partial charge in [-0.3, -0.25) is 9.59 Å². The van der Waals surface area contributed by atoms with Gasteiger partial charge in [0.05, 0.1) is 11.3 Å². The van der Waals surface area contributed by atoms with Crippen LogP contribution in [0.5, 0.6) is 5.75 Å². The molecule has 1 aliphatic rings. The highest BCUT2D eigenvalue weighted by molar-refractivity contribution is 9.10. The van der Waals surface area contributed by atoms with E-state index in [-0.39, 0.29) is 18.4 Å². The van der Waals surface area contributed by atoms with Crippen LogP contribution in [0, 0.1) is 13.8 Å². The minimum absolute atomic E-state index is 0.0316. The minimum Gasteiger partial charge on any atom is -0.483 e. The summed E-state index contributed by atoms with van der Waals surface area (Å²) in [4.78, 5) is 27.1. The molecule has 3 rings (SSSR count). The third-order valence-corrected chi connectivity index (χ3v) is 5.74. The molecule has 0 spiro atoms. The molecule has 1 heterocycles. The second-order valence-corrected chi connectivity index (χ2v) is 7.96. The molecule has 2 amide bonds. The molecule has 0 bridgehead atoms. The maximum atomic E-state index is 12.8. The first-order valence-corrected chi connectivity index (χ1v) is 10.3. The monoisotopic (exact) mass is 444 g/mol. The zero-order valence-electron chi connectivity index (χ0n) is 16.3. The fourth-order valence-corrected chi connectivity index (χ4v) is 3.74. The fourth-order valence-electron chi connectivity index (χ4n) is 3.29. The van der Waals surface area contributed by atoms with E-state index in [1.165, 1.54) is 0 Å². The van der Waals surface area contributed by atoms with E-state index < -0.39 is 0 Å². The average molecular weight is 445 g/mol. The molecule has 0 saturated carbocycles. The van der Waals surface area contributed by atoms with Gasteiger partial charge in [-0.05, 0) is 68.5 Å². The van der Waals surface area contributed by atoms with Crippen molar-refractivity contribution < 1.29 is 14.3 Å². The Kier molecular flexibility index (Phi) is 6.73. The van der Waals surface area contributed by atoms with Gasteiger partial charge in [-0.1, -0.05) is 28.1 Å². The molecule has 1 fully saturated rings. The van der Waals surface area contributed by atoms with E-state index in [1.54, 1.807) is 12.1 Å². The number of nitrogens with one attached hydrogen (secondary N) is 1. The highest BCUT2D eigenvalue weighted by Gasteiger charge is 2.21. The summed E-state index contributed by atoms with van der Waals surface area (Å²) < 4.78 is 6.70. The first-order valence-electron chi connectivity index (χ1n) is 9.53. The maximum Gasteiger partial charge on any atom is 0.262 e. The molecule has 1 saturated heterocycles. The molecule has 5 nitrogen and oxygen atoms in total. The molecule has 0 atom stereocenters. The number of amides is 2. The number of anilines is 1. The predicted molar refractivity (Wildman–Crippen MR) is 114 cm³/mol. The summed E-state index contributed by atoms with van der Waals surface area (Å²) in [6, 6.07) is 11.0. The molecule has 0 aliphatic carbocycles. The van der Waals surface area contributed by atoms with Gasteiger partial charge < -0.3 is 15.0 Å². The molecular formula is C22H25BrN2O3. The Morgan fingerprint density at radius 2 is 1.79 bits per heavy atom. The average Bonchev–Trinajstić information content (AvgIpc) is 2.70. The van der Waals surface area contributed by atoms with E-state index in [1.807, 2.05) is 43.0 Å². The number of rotatable bonds is 5. The number of aryl methyl sites for hydroxylation is 2. The topological polar surface area (TPSA) is 58.6 Å². The van der Waals surface area contributed by atoms with E-state index in [2.05, 4.69) is 21.2 Å². The van der Waals surface area contributed by atoms with Gasteiger partial charge >= 0.3 is 0 Å². The molecule has 1 aliphatic heterocycles. The highest BCUT2D eigenvalue weighted by Crippen LogP contribution is 2.26. The van der Waals surface area contributed by atoms with Gasteiger partial charge in [0.15, 0.2) is 6.61 Å². The lowest BCUT2D eigenvalue weighted by molar-refractivity contribution is -0.118. The lowest BCUT2D eigenvalue weighted by atomic mass is 10.1. The summed E-state index contributed by atoms with van der Waals surface area (Å²) in [5.74, 6) is 0.350. The van der Waals surface area contributed by atoms with Gasteiger partial charge in [-0.25, -0.2) is 0 Å². The second-order valence-electron chi connectivity index (χ2n) is 7.10. The van der Waals surface area contributed by atoms with Gasteiger partial charge in [0.2, 0.25) is 0 Å². The van der Waals surface area contributed by atoms with Crippen LogP contribution < -0.4 is 10.1 Å². The lowest BCUT2D eigenvalue weighted by Gasteiger charge is -2.27. The van der Waals surface area contributed by atoms with Crippen LogP contribution in [0.15, 0.2) is 40.9 Å². The number of hydrogen-bond donors (Lipinski definition) is 1. The number of piperidine rings is 1. The molecule has 1 N–H and O–H groups in total. The van der Waals surface area contributed by atoms with Crippen molar-refractivity contribution in [3.8, 4) is 5.75 Å². The standard InChI is InChI=1S/C22H25BrN2O3/c1-15-13-20(16(2)12-18(15)23)28-14-21(26)24-19-9-5-4-8-17(19)22(27)25-10-6-3-7-11-25/h4-5,8-9,12-13H,3,6-7,10-11,14H2,1-2H3,(H,24,26). The van der Waals surface area contributed by atoms with Crippen molar-refractivity contribution in [3.05, 3.63) is 57.6 Å². The number of benzene rings is 2. The molecule has 2 aromatic carbocycles. The Labute approximate surface area is 174 Å². The Hall–Kier alpha value is -2.34. The molecule has 28 heavy (non-hydrogen) atoms. The number of hydrogen-bond acceptors (Lipinski definition) is 3. The van der Waals surface area contributed by atoms with E-state index in [4.69, 9.17) is 4.74 Å². The van der Waals surface area contributed by atoms with Crippen molar-refractivity contribution in [1.82, 2.24) is 4.90 Å². The molecule has 148 valence electrons. The van der Waals surface area contributed by atoms with Crippen molar-refractivity contribution in [3.63, 3.8) is 0 Å². The van der Waals surface area contributed by atoms with Gasteiger partial charge in [0, 0.05) is 17.6 Å². The number of likely N-dealkylation sites (tertiary alicyclic amines) is 1. The van der Waals surface area contributed by atoms with Crippen LogP contribution in [0.2, 0.25) is 0 Å². The zero-order valence-corrected chi connectivity index (χ0v) is 17.8. The Balaban J connectivity index is 1.66. The van der Waals surface area contributed by atoms with Crippen LogP contribution in [-0.4, -0.2) is 36.4 Å². The van der Waals surface area contributed by atoms with Gasteiger partial charge in [-0.15, -0.1) is 0 Å². The van der Waals surface area contributed by atoms with Crippen LogP contribution in [-0.2, 0) is 4.79 Å². The van der Waals surface area contributed by atoms with Gasteiger partial charge in [0.25, 0.3) is 11.8 Å². The molecule has 2 aromatic rings. The van der Waals surface area contributed by atoms with Crippen LogP contribution in [0.3, 0.4) is 0 Å². The zero-order chi connectivity index (χ0) is 20.1. The van der Waals surface area contributed by atoms with Crippen molar-refractivity contribution in [2.75, 3.05) is 25.0 Å². The van der Waals surface area contributed by atoms with Crippen molar-refractivity contribution >= 4 is 33.4 Å². The lowest BCUT2D eigenvalue weighted by Crippen LogP contribution is -2.36. The van der Waals surface area contributed by atoms with E-state index in [0.29, 0.717) is 17.0 Å². The largest absolute Gasteiger partial charge is 0.483 e. The van der Waals surface area contributed by atoms with E-state index in [9.17, 15) is 9.59 Å². The van der Waals surface area contributed by atoms with Crippen molar-refractivity contribution in [1.29, 1.82) is 0 Å². The number of carbonyl (C=O) groups is 2. The molecule has 0 aromatic heterocycles. The number of para-hydroxylation sites is 1. The third-order valence-electron chi connectivity index (χ3n) is 4.89. The summed E-state index contributed by atoms with van der Waals surface area (Å²) in [5.41, 5.74) is 3.04. The number of ether oxygens (including phenoxy) is 1. The number of halogens is 1. The van der Waals surface area contributed by atoms with Crippen LogP contribution in [0.1, 0.15) is 40.7 Å². The fraction of sp³-hybridized carbons (Fsp3) is 0.364. The Morgan fingerprint density at radius 3 is 2.54 bits per heavy atom. The Morgan fingerprint density at radius 1 is 1.07 bits per heavy atom. The third kappa shape index (κ3) is 4.93. The summed E-state index contributed by atoms with van der Waals surface area (Å²) in [5, 5.41) is 2.83. The molecular weight excluding hydrogens is 420 g/mol. The van der Waals surface area contributed by atoms with Crippen molar-refractivity contribution in [2.45, 2.75) is 33.1 Å². The second kappa shape index (κ2) is 9.24. The molecule has 0 radical (unpaired) electrons. The summed E-state index contributed by atoms with van der Waals surface area (Å²) in [7, 11) is 0. The van der Waals surface area contributed by atoms with E-state index in [0.717, 1.165) is 48.0 Å². The summed E-state index contributed by atoms with van der Waals surface area (Å²) >= 11 is 3.49. The first-order chi connectivity index (χ1) is 13.5. The summed E-state index contributed by atoms with van der Waals surface area (Å²) in [6.07, 6.45) is 3.22. The highest BCUT2D eigenvalue weighted by atomic mass is 79.9. The predicted octanol–water partition coefficient (Wildman–Crippen LogP) is 4.71. The molecule has 0 unspecified atom stereocenters. The number of nitrogens with zero attached hydrogens (tertiary/aromatic N) is 1. The van der Waals surface area contributed by atoms with Gasteiger partial charge in [-0.2, -0.15) is 0 Å². The molecule has 6 heteroatoms. The quantitative estimate of drug-likeness (QED) is 0.726. The SMILES string of the molecule is Cc1cc(OCC(=O)Nc2ccccc2C(=O)N2CCCCC2)c(C)cc1Br. The number of carbonyl (C=O) groups excluding carboxylic acids is 2.